The first-order valence-electron chi connectivity index (χ1n) is 11.6. The lowest BCUT2D eigenvalue weighted by molar-refractivity contribution is 0.664. The third kappa shape index (κ3) is 2.32. The molecular formula is C30H29N. The first-order chi connectivity index (χ1) is 15.1. The maximum atomic E-state index is 3.91. The van der Waals surface area contributed by atoms with Crippen LogP contribution in [0.5, 0.6) is 0 Å². The molecule has 0 spiro atoms. The number of benzene rings is 3. The van der Waals surface area contributed by atoms with Crippen LogP contribution >= 0.6 is 0 Å². The SMILES string of the molecule is C/C=C\c1c(CC)ccc2c1-c1c(c3[nH]c4c(c3c3ccccc13)C=CCC4)C2(C)C. The van der Waals surface area contributed by atoms with Crippen LogP contribution in [0.25, 0.3) is 45.0 Å². The summed E-state index contributed by atoms with van der Waals surface area (Å²) in [6.07, 6.45) is 12.4. The molecule has 6 rings (SSSR count). The zero-order chi connectivity index (χ0) is 21.3. The Morgan fingerprint density at radius 3 is 2.61 bits per heavy atom. The summed E-state index contributed by atoms with van der Waals surface area (Å²) in [6.45, 7) is 9.22. The fraction of sp³-hybridized carbons (Fsp3) is 0.267. The highest BCUT2D eigenvalue weighted by Crippen LogP contribution is 2.56. The van der Waals surface area contributed by atoms with E-state index >= 15 is 0 Å². The van der Waals surface area contributed by atoms with E-state index in [1.165, 1.54) is 66.3 Å². The smallest absolute Gasteiger partial charge is 0.0516 e. The van der Waals surface area contributed by atoms with Crippen LogP contribution in [-0.2, 0) is 18.3 Å². The van der Waals surface area contributed by atoms with Gasteiger partial charge < -0.3 is 4.98 Å². The van der Waals surface area contributed by atoms with Gasteiger partial charge in [-0.05, 0) is 70.3 Å². The fourth-order valence-electron chi connectivity index (χ4n) is 6.16. The molecule has 1 nitrogen and oxygen atoms in total. The average Bonchev–Trinajstić information content (AvgIpc) is 3.28. The molecule has 0 saturated heterocycles. The number of hydrogen-bond donors (Lipinski definition) is 1. The minimum absolute atomic E-state index is 0.0489. The molecule has 1 heterocycles. The second-order valence-corrected chi connectivity index (χ2v) is 9.54. The van der Waals surface area contributed by atoms with Crippen LogP contribution in [0, 0.1) is 0 Å². The largest absolute Gasteiger partial charge is 0.358 e. The van der Waals surface area contributed by atoms with E-state index in [1.807, 2.05) is 0 Å². The van der Waals surface area contributed by atoms with Gasteiger partial charge in [0.25, 0.3) is 0 Å². The van der Waals surface area contributed by atoms with Gasteiger partial charge >= 0.3 is 0 Å². The zero-order valence-electron chi connectivity index (χ0n) is 18.9. The van der Waals surface area contributed by atoms with Crippen molar-refractivity contribution in [1.29, 1.82) is 0 Å². The summed E-state index contributed by atoms with van der Waals surface area (Å²) < 4.78 is 0. The minimum Gasteiger partial charge on any atom is -0.358 e. The number of aromatic amines is 1. The highest BCUT2D eigenvalue weighted by atomic mass is 14.7. The monoisotopic (exact) mass is 403 g/mol. The van der Waals surface area contributed by atoms with Crippen LogP contribution in [0.1, 0.15) is 67.6 Å². The molecule has 154 valence electrons. The van der Waals surface area contributed by atoms with Crippen LogP contribution in [-0.4, -0.2) is 4.98 Å². The highest BCUT2D eigenvalue weighted by molar-refractivity contribution is 6.20. The molecule has 4 aromatic rings. The van der Waals surface area contributed by atoms with Crippen molar-refractivity contribution in [3.8, 4) is 11.1 Å². The Hall–Kier alpha value is -3.06. The number of fused-ring (bicyclic) bond motifs is 10. The van der Waals surface area contributed by atoms with Gasteiger partial charge in [-0.2, -0.15) is 0 Å². The number of nitrogens with one attached hydrogen (secondary N) is 1. The van der Waals surface area contributed by atoms with E-state index in [0.717, 1.165) is 19.3 Å². The lowest BCUT2D eigenvalue weighted by atomic mass is 9.80. The Labute approximate surface area is 184 Å². The summed E-state index contributed by atoms with van der Waals surface area (Å²) in [5, 5.41) is 4.17. The van der Waals surface area contributed by atoms with Gasteiger partial charge in [0.05, 0.1) is 5.52 Å². The number of allylic oxidation sites excluding steroid dienone is 2. The number of aryl methyl sites for hydroxylation is 2. The lowest BCUT2D eigenvalue weighted by Crippen LogP contribution is -2.16. The Morgan fingerprint density at radius 1 is 1.03 bits per heavy atom. The number of hydrogen-bond acceptors (Lipinski definition) is 0. The number of H-pyrrole nitrogens is 1. The van der Waals surface area contributed by atoms with Gasteiger partial charge in [-0.1, -0.05) is 81.5 Å². The first-order valence-corrected chi connectivity index (χ1v) is 11.6. The fourth-order valence-corrected chi connectivity index (χ4v) is 6.16. The van der Waals surface area contributed by atoms with Gasteiger partial charge in [0.1, 0.15) is 0 Å². The molecule has 0 unspecified atom stereocenters. The number of rotatable bonds is 2. The Kier molecular flexibility index (Phi) is 3.90. The molecule has 0 fully saturated rings. The second kappa shape index (κ2) is 6.47. The van der Waals surface area contributed by atoms with Crippen LogP contribution in [0.3, 0.4) is 0 Å². The van der Waals surface area contributed by atoms with Crippen molar-refractivity contribution >= 4 is 33.8 Å². The summed E-state index contributed by atoms with van der Waals surface area (Å²) >= 11 is 0. The predicted molar refractivity (Wildman–Crippen MR) is 135 cm³/mol. The van der Waals surface area contributed by atoms with Crippen molar-refractivity contribution in [2.45, 2.75) is 52.4 Å². The van der Waals surface area contributed by atoms with E-state index < -0.39 is 0 Å². The molecule has 0 bridgehead atoms. The summed E-state index contributed by atoms with van der Waals surface area (Å²) in [5.74, 6) is 0. The normalized spacial score (nSPS) is 16.3. The van der Waals surface area contributed by atoms with Crippen LogP contribution in [0.4, 0.5) is 0 Å². The standard InChI is InChI=1S/C30H29N/c1-5-11-19-18(6-2)16-17-23-26(19)27-21-13-8-7-12-20(21)25-22-14-9-10-15-24(22)31-29(25)28(27)30(23,3)4/h5,7-9,11-14,16-17,31H,6,10,15H2,1-4H3/b11-5-. The summed E-state index contributed by atoms with van der Waals surface area (Å²) in [7, 11) is 0. The van der Waals surface area contributed by atoms with Crippen molar-refractivity contribution in [1.82, 2.24) is 4.98 Å². The maximum Gasteiger partial charge on any atom is 0.0516 e. The van der Waals surface area contributed by atoms with Crippen molar-refractivity contribution in [3.63, 3.8) is 0 Å². The Balaban J connectivity index is 1.88. The van der Waals surface area contributed by atoms with E-state index in [9.17, 15) is 0 Å². The molecule has 3 aromatic carbocycles. The van der Waals surface area contributed by atoms with Crippen molar-refractivity contribution in [2.75, 3.05) is 0 Å². The summed E-state index contributed by atoms with van der Waals surface area (Å²) in [5.41, 5.74) is 12.7. The molecule has 2 aliphatic carbocycles. The first kappa shape index (κ1) is 18.7. The van der Waals surface area contributed by atoms with Crippen LogP contribution < -0.4 is 0 Å². The number of aromatic nitrogens is 1. The van der Waals surface area contributed by atoms with Crippen molar-refractivity contribution < 1.29 is 0 Å². The Bertz CT molecular complexity index is 1440. The molecule has 0 saturated carbocycles. The van der Waals surface area contributed by atoms with Crippen LogP contribution in [0.15, 0.2) is 48.6 Å². The highest BCUT2D eigenvalue weighted by Gasteiger charge is 2.41. The molecular weight excluding hydrogens is 374 g/mol. The molecule has 31 heavy (non-hydrogen) atoms. The topological polar surface area (TPSA) is 15.8 Å². The summed E-state index contributed by atoms with van der Waals surface area (Å²) in [6, 6.07) is 13.8. The van der Waals surface area contributed by atoms with Gasteiger partial charge in [0.2, 0.25) is 0 Å². The molecule has 1 aromatic heterocycles. The summed E-state index contributed by atoms with van der Waals surface area (Å²) in [4.78, 5) is 3.91. The van der Waals surface area contributed by atoms with E-state index in [-0.39, 0.29) is 5.41 Å². The van der Waals surface area contributed by atoms with Gasteiger partial charge in [-0.3, -0.25) is 0 Å². The van der Waals surface area contributed by atoms with Gasteiger partial charge in [0, 0.05) is 22.1 Å². The van der Waals surface area contributed by atoms with Gasteiger partial charge in [-0.25, -0.2) is 0 Å². The quantitative estimate of drug-likeness (QED) is 0.347. The van der Waals surface area contributed by atoms with E-state index in [1.54, 1.807) is 0 Å². The van der Waals surface area contributed by atoms with Crippen LogP contribution in [0.2, 0.25) is 0 Å². The molecule has 1 N–H and O–H groups in total. The van der Waals surface area contributed by atoms with Crippen molar-refractivity contribution in [2.24, 2.45) is 0 Å². The molecule has 2 aliphatic rings. The predicted octanol–water partition coefficient (Wildman–Crippen LogP) is 8.18. The molecule has 0 atom stereocenters. The third-order valence-corrected chi connectivity index (χ3v) is 7.53. The van der Waals surface area contributed by atoms with E-state index in [2.05, 4.69) is 93.4 Å². The van der Waals surface area contributed by atoms with Gasteiger partial charge in [0.15, 0.2) is 0 Å². The maximum absolute atomic E-state index is 3.91. The molecule has 0 radical (unpaired) electrons. The third-order valence-electron chi connectivity index (χ3n) is 7.53. The molecule has 0 amide bonds. The second-order valence-electron chi connectivity index (χ2n) is 9.54. The Morgan fingerprint density at radius 2 is 1.84 bits per heavy atom. The lowest BCUT2D eigenvalue weighted by Gasteiger charge is -2.23. The molecule has 0 aliphatic heterocycles. The average molecular weight is 404 g/mol. The van der Waals surface area contributed by atoms with Crippen molar-refractivity contribution in [3.05, 3.63) is 82.1 Å². The van der Waals surface area contributed by atoms with E-state index in [4.69, 9.17) is 0 Å². The molecule has 1 heteroatoms. The van der Waals surface area contributed by atoms with E-state index in [0.29, 0.717) is 0 Å². The zero-order valence-corrected chi connectivity index (χ0v) is 18.9. The van der Waals surface area contributed by atoms with Gasteiger partial charge in [-0.15, -0.1) is 0 Å². The minimum atomic E-state index is -0.0489.